The lowest BCUT2D eigenvalue weighted by Gasteiger charge is -2.05. The predicted molar refractivity (Wildman–Crippen MR) is 61.0 cm³/mol. The Morgan fingerprint density at radius 1 is 1.56 bits per heavy atom. The summed E-state index contributed by atoms with van der Waals surface area (Å²) in [5, 5.41) is 13.1. The summed E-state index contributed by atoms with van der Waals surface area (Å²) < 4.78 is 1.89. The van der Waals surface area contributed by atoms with E-state index in [2.05, 4.69) is 26.0 Å². The first-order valence-corrected chi connectivity index (χ1v) is 5.35. The van der Waals surface area contributed by atoms with E-state index < -0.39 is 5.97 Å². The highest BCUT2D eigenvalue weighted by Gasteiger charge is 2.15. The van der Waals surface area contributed by atoms with Gasteiger partial charge in [0, 0.05) is 10.7 Å². The van der Waals surface area contributed by atoms with E-state index in [1.807, 2.05) is 0 Å². The summed E-state index contributed by atoms with van der Waals surface area (Å²) in [6.07, 6.45) is 2.90. The first-order valence-electron chi connectivity index (χ1n) is 4.18. The first kappa shape index (κ1) is 11.1. The van der Waals surface area contributed by atoms with E-state index in [0.29, 0.717) is 9.50 Å². The molecule has 0 aliphatic rings. The summed E-state index contributed by atoms with van der Waals surface area (Å²) in [6.45, 7) is 0. The second kappa shape index (κ2) is 4.23. The third-order valence-electron chi connectivity index (χ3n) is 1.85. The smallest absolute Gasteiger partial charge is 0.354 e. The van der Waals surface area contributed by atoms with E-state index in [4.69, 9.17) is 16.7 Å². The Morgan fingerprint density at radius 3 is 2.94 bits per heavy atom. The van der Waals surface area contributed by atoms with Crippen molar-refractivity contribution in [3.05, 3.63) is 39.7 Å². The molecule has 16 heavy (non-hydrogen) atoms. The van der Waals surface area contributed by atoms with Crippen molar-refractivity contribution in [3.8, 4) is 5.82 Å². The van der Waals surface area contributed by atoms with Crippen LogP contribution in [0.2, 0.25) is 5.02 Å². The van der Waals surface area contributed by atoms with Crippen LogP contribution in [0.5, 0.6) is 0 Å². The zero-order chi connectivity index (χ0) is 11.7. The number of aromatic carboxylic acids is 1. The zero-order valence-corrected chi connectivity index (χ0v) is 10.1. The standard InChI is InChI=1S/C9H5BrClN3O2/c10-5-3-6(11)8(12-4-5)14-7(9(15)16)1-2-13-14/h1-4H,(H,15,16). The highest BCUT2D eigenvalue weighted by Crippen LogP contribution is 2.22. The summed E-state index contributed by atoms with van der Waals surface area (Å²) in [5.41, 5.74) is 0.0109. The molecule has 2 heterocycles. The Balaban J connectivity index is 2.59. The molecule has 0 radical (unpaired) electrons. The Bertz CT molecular complexity index is 555. The fraction of sp³-hybridized carbons (Fsp3) is 0. The number of carboxylic acid groups (broad SMARTS) is 1. The van der Waals surface area contributed by atoms with Crippen LogP contribution in [0.3, 0.4) is 0 Å². The minimum Gasteiger partial charge on any atom is -0.477 e. The van der Waals surface area contributed by atoms with Crippen LogP contribution in [-0.2, 0) is 0 Å². The van der Waals surface area contributed by atoms with Crippen molar-refractivity contribution in [1.82, 2.24) is 14.8 Å². The molecule has 82 valence electrons. The number of halogens is 2. The van der Waals surface area contributed by atoms with Crippen LogP contribution in [0, 0.1) is 0 Å². The average Bonchev–Trinajstić information content (AvgIpc) is 2.66. The molecular formula is C9H5BrClN3O2. The first-order chi connectivity index (χ1) is 7.59. The maximum atomic E-state index is 10.9. The van der Waals surface area contributed by atoms with E-state index in [1.54, 1.807) is 6.07 Å². The topological polar surface area (TPSA) is 68.0 Å². The lowest BCUT2D eigenvalue weighted by molar-refractivity contribution is 0.0687. The molecule has 0 amide bonds. The van der Waals surface area contributed by atoms with Gasteiger partial charge in [-0.3, -0.25) is 0 Å². The van der Waals surface area contributed by atoms with Gasteiger partial charge in [-0.15, -0.1) is 0 Å². The summed E-state index contributed by atoms with van der Waals surface area (Å²) in [7, 11) is 0. The third kappa shape index (κ3) is 1.94. The molecular weight excluding hydrogens is 297 g/mol. The number of rotatable bonds is 2. The monoisotopic (exact) mass is 301 g/mol. The second-order valence-corrected chi connectivity index (χ2v) is 4.22. The van der Waals surface area contributed by atoms with Crippen molar-refractivity contribution in [2.24, 2.45) is 0 Å². The predicted octanol–water partition coefficient (Wildman–Crippen LogP) is 2.38. The van der Waals surface area contributed by atoms with Crippen LogP contribution in [-0.4, -0.2) is 25.8 Å². The molecule has 0 unspecified atom stereocenters. The Morgan fingerprint density at radius 2 is 2.31 bits per heavy atom. The number of nitrogens with zero attached hydrogens (tertiary/aromatic N) is 3. The fourth-order valence-corrected chi connectivity index (χ4v) is 1.91. The van der Waals surface area contributed by atoms with Crippen molar-refractivity contribution in [1.29, 1.82) is 0 Å². The number of carboxylic acids is 1. The van der Waals surface area contributed by atoms with Gasteiger partial charge in [0.25, 0.3) is 0 Å². The molecule has 2 rings (SSSR count). The van der Waals surface area contributed by atoms with Crippen LogP contribution in [0.1, 0.15) is 10.5 Å². The van der Waals surface area contributed by atoms with E-state index in [1.165, 1.54) is 23.1 Å². The van der Waals surface area contributed by atoms with Crippen LogP contribution >= 0.6 is 27.5 Å². The van der Waals surface area contributed by atoms with Crippen molar-refractivity contribution in [2.45, 2.75) is 0 Å². The van der Waals surface area contributed by atoms with Crippen LogP contribution in [0.15, 0.2) is 29.0 Å². The Kier molecular flexibility index (Phi) is 2.93. The molecule has 0 spiro atoms. The largest absolute Gasteiger partial charge is 0.477 e. The Hall–Kier alpha value is -1.40. The lowest BCUT2D eigenvalue weighted by atomic mass is 10.4. The van der Waals surface area contributed by atoms with Gasteiger partial charge in [-0.1, -0.05) is 11.6 Å². The van der Waals surface area contributed by atoms with Crippen molar-refractivity contribution in [2.75, 3.05) is 0 Å². The lowest BCUT2D eigenvalue weighted by Crippen LogP contribution is -2.09. The summed E-state index contributed by atoms with van der Waals surface area (Å²) in [5.74, 6) is -0.800. The number of hydrogen-bond acceptors (Lipinski definition) is 3. The molecule has 0 aliphatic heterocycles. The van der Waals surface area contributed by atoms with E-state index >= 15 is 0 Å². The van der Waals surface area contributed by atoms with Gasteiger partial charge in [0.2, 0.25) is 0 Å². The molecule has 0 saturated heterocycles. The summed E-state index contributed by atoms with van der Waals surface area (Å²) in [6, 6.07) is 3.00. The van der Waals surface area contributed by atoms with Crippen molar-refractivity contribution in [3.63, 3.8) is 0 Å². The number of carbonyl (C=O) groups is 1. The maximum Gasteiger partial charge on any atom is 0.354 e. The molecule has 1 N–H and O–H groups in total. The molecule has 7 heteroatoms. The summed E-state index contributed by atoms with van der Waals surface area (Å²) >= 11 is 9.17. The van der Waals surface area contributed by atoms with Gasteiger partial charge in [-0.2, -0.15) is 5.10 Å². The molecule has 0 bridgehead atoms. The van der Waals surface area contributed by atoms with Gasteiger partial charge in [0.05, 0.1) is 11.2 Å². The van der Waals surface area contributed by atoms with E-state index in [9.17, 15) is 4.79 Å². The molecule has 0 saturated carbocycles. The van der Waals surface area contributed by atoms with Crippen molar-refractivity contribution < 1.29 is 9.90 Å². The van der Waals surface area contributed by atoms with E-state index in [0.717, 1.165) is 0 Å². The normalized spacial score (nSPS) is 10.4. The molecule has 0 fully saturated rings. The third-order valence-corrected chi connectivity index (χ3v) is 2.56. The van der Waals surface area contributed by atoms with E-state index in [-0.39, 0.29) is 11.5 Å². The minimum atomic E-state index is -1.08. The molecule has 0 aliphatic carbocycles. The highest BCUT2D eigenvalue weighted by atomic mass is 79.9. The average molecular weight is 303 g/mol. The van der Waals surface area contributed by atoms with Crippen LogP contribution in [0.4, 0.5) is 0 Å². The van der Waals surface area contributed by atoms with Gasteiger partial charge < -0.3 is 5.11 Å². The summed E-state index contributed by atoms with van der Waals surface area (Å²) in [4.78, 5) is 14.9. The maximum absolute atomic E-state index is 10.9. The van der Waals surface area contributed by atoms with Gasteiger partial charge in [-0.25, -0.2) is 14.5 Å². The van der Waals surface area contributed by atoms with Gasteiger partial charge in [0.15, 0.2) is 11.5 Å². The minimum absolute atomic E-state index is 0.0109. The Labute approximate surface area is 104 Å². The van der Waals surface area contributed by atoms with Crippen LogP contribution in [0.25, 0.3) is 5.82 Å². The van der Waals surface area contributed by atoms with Crippen molar-refractivity contribution >= 4 is 33.5 Å². The molecule has 2 aromatic rings. The molecule has 2 aromatic heterocycles. The number of pyridine rings is 1. The quantitative estimate of drug-likeness (QED) is 0.925. The van der Waals surface area contributed by atoms with Gasteiger partial charge in [-0.05, 0) is 28.1 Å². The number of hydrogen-bond donors (Lipinski definition) is 1. The van der Waals surface area contributed by atoms with Gasteiger partial charge in [0.1, 0.15) is 0 Å². The zero-order valence-electron chi connectivity index (χ0n) is 7.76. The highest BCUT2D eigenvalue weighted by molar-refractivity contribution is 9.10. The second-order valence-electron chi connectivity index (χ2n) is 2.89. The molecule has 0 aromatic carbocycles. The number of aromatic nitrogens is 3. The molecule has 5 nitrogen and oxygen atoms in total. The molecule has 0 atom stereocenters. The fourth-order valence-electron chi connectivity index (χ4n) is 1.20. The SMILES string of the molecule is O=C(O)c1ccnn1-c1ncc(Br)cc1Cl. The van der Waals surface area contributed by atoms with Crippen LogP contribution < -0.4 is 0 Å². The van der Waals surface area contributed by atoms with Gasteiger partial charge >= 0.3 is 5.97 Å².